The summed E-state index contributed by atoms with van der Waals surface area (Å²) in [6.07, 6.45) is 3.30. The summed E-state index contributed by atoms with van der Waals surface area (Å²) in [5, 5.41) is 3.04. The minimum Gasteiger partial charge on any atom is -0.493 e. The van der Waals surface area contributed by atoms with Gasteiger partial charge in [0.2, 0.25) is 0 Å². The van der Waals surface area contributed by atoms with Crippen LogP contribution in [0.1, 0.15) is 58.1 Å². The molecule has 0 aromatic heterocycles. The van der Waals surface area contributed by atoms with Gasteiger partial charge in [-0.2, -0.15) is 0 Å². The molecule has 5 aromatic rings. The number of rotatable bonds is 8. The molecule has 1 fully saturated rings. The van der Waals surface area contributed by atoms with Crippen molar-refractivity contribution < 1.29 is 23.9 Å². The number of methoxy groups -OCH3 is 1. The first-order chi connectivity index (χ1) is 25.8. The highest BCUT2D eigenvalue weighted by Gasteiger charge is 2.40. The van der Waals surface area contributed by atoms with E-state index in [0.717, 1.165) is 47.5 Å². The molecule has 53 heavy (non-hydrogen) atoms. The van der Waals surface area contributed by atoms with E-state index in [0.29, 0.717) is 31.3 Å². The maximum atomic E-state index is 14.4. The summed E-state index contributed by atoms with van der Waals surface area (Å²) >= 11 is 8.29. The maximum Gasteiger partial charge on any atom is 0.335 e. The lowest BCUT2D eigenvalue weighted by atomic mass is 9.76. The van der Waals surface area contributed by atoms with Gasteiger partial charge in [-0.25, -0.2) is 9.69 Å². The molecule has 4 amide bonds. The molecule has 0 aliphatic carbocycles. The second-order valence-corrected chi connectivity index (χ2v) is 15.0. The van der Waals surface area contributed by atoms with Crippen LogP contribution in [0.5, 0.6) is 11.5 Å². The number of carbonyl (C=O) groups excluding carboxylic acids is 3. The summed E-state index contributed by atoms with van der Waals surface area (Å²) in [6.45, 7) is 2.09. The number of hydrogen-bond acceptors (Lipinski definition) is 6. The van der Waals surface area contributed by atoms with Gasteiger partial charge in [-0.3, -0.25) is 14.9 Å². The molecule has 10 heteroatoms. The summed E-state index contributed by atoms with van der Waals surface area (Å²) < 4.78 is 12.5. The quantitative estimate of drug-likeness (QED) is 0.0954. The van der Waals surface area contributed by atoms with Crippen LogP contribution in [0.15, 0.2) is 115 Å². The fourth-order valence-electron chi connectivity index (χ4n) is 7.77. The lowest BCUT2D eigenvalue weighted by Gasteiger charge is -2.44. The number of ether oxygens (including phenoxy) is 2. The number of barbiturate groups is 1. The van der Waals surface area contributed by atoms with Gasteiger partial charge in [0.25, 0.3) is 11.8 Å². The Hall–Kier alpha value is -5.13. The minimum absolute atomic E-state index is 0.0735. The van der Waals surface area contributed by atoms with E-state index in [2.05, 4.69) is 57.1 Å². The van der Waals surface area contributed by atoms with E-state index in [1.807, 2.05) is 66.7 Å². The van der Waals surface area contributed by atoms with Gasteiger partial charge >= 0.3 is 6.03 Å². The van der Waals surface area contributed by atoms with Crippen LogP contribution in [0, 0.1) is 3.57 Å². The number of urea groups is 1. The van der Waals surface area contributed by atoms with Crippen LogP contribution >= 0.6 is 34.2 Å². The summed E-state index contributed by atoms with van der Waals surface area (Å²) in [5.41, 5.74) is 7.39. The Morgan fingerprint density at radius 1 is 0.830 bits per heavy atom. The van der Waals surface area contributed by atoms with Crippen LogP contribution in [-0.2, 0) is 16.2 Å². The van der Waals surface area contributed by atoms with Crippen molar-refractivity contribution in [3.8, 4) is 11.5 Å². The van der Waals surface area contributed by atoms with Gasteiger partial charge in [0.05, 0.1) is 16.4 Å². The molecule has 0 spiro atoms. The molecule has 3 aliphatic rings. The number of hydrogen-bond donors (Lipinski definition) is 1. The predicted molar refractivity (Wildman–Crippen MR) is 215 cm³/mol. The molecule has 0 bridgehead atoms. The van der Waals surface area contributed by atoms with E-state index in [4.69, 9.17) is 21.1 Å². The number of benzene rings is 5. The molecule has 1 saturated heterocycles. The standard InChI is InChI=1S/C43H35ClIN3O5/c1-52-38-22-27(21-37(45)40(38)53-25-26-9-8-14-30(44)19-26)20-36-41(49)46-43(51)48(42(36)50)31-23-34-32(28-10-4-2-5-11-28)15-17-47-18-16-33(35(24-31)39(34)47)29-12-6-3-7-13-29/h2-14,19-24,32-33H,15-18,25H2,1H3,(H,46,49,51)/b36-20+/t32-,33-/m1/s1. The third-order valence-corrected chi connectivity index (χ3v) is 11.2. The predicted octanol–water partition coefficient (Wildman–Crippen LogP) is 9.08. The van der Waals surface area contributed by atoms with Crippen molar-refractivity contribution in [3.05, 3.63) is 157 Å². The Morgan fingerprint density at radius 3 is 2.08 bits per heavy atom. The second-order valence-electron chi connectivity index (χ2n) is 13.4. The van der Waals surface area contributed by atoms with Crippen LogP contribution in [0.25, 0.3) is 6.08 Å². The summed E-state index contributed by atoms with van der Waals surface area (Å²) in [6, 6.07) is 34.8. The normalized spacial score (nSPS) is 18.8. The van der Waals surface area contributed by atoms with E-state index < -0.39 is 17.8 Å². The Labute approximate surface area is 326 Å². The number of imide groups is 2. The van der Waals surface area contributed by atoms with E-state index in [9.17, 15) is 14.4 Å². The first-order valence-corrected chi connectivity index (χ1v) is 18.9. The molecular weight excluding hydrogens is 801 g/mol. The molecule has 3 heterocycles. The monoisotopic (exact) mass is 835 g/mol. The van der Waals surface area contributed by atoms with Crippen LogP contribution in [-0.4, -0.2) is 38.0 Å². The third-order valence-electron chi connectivity index (χ3n) is 10.2. The van der Waals surface area contributed by atoms with Crippen molar-refractivity contribution in [1.29, 1.82) is 0 Å². The zero-order valence-electron chi connectivity index (χ0n) is 28.9. The van der Waals surface area contributed by atoms with Crippen molar-refractivity contribution in [3.63, 3.8) is 0 Å². The van der Waals surface area contributed by atoms with Gasteiger partial charge in [-0.15, -0.1) is 0 Å². The molecule has 3 aliphatic heterocycles. The summed E-state index contributed by atoms with van der Waals surface area (Å²) in [5.74, 6) is -0.364. The number of nitrogens with zero attached hydrogens (tertiary/aromatic N) is 2. The highest BCUT2D eigenvalue weighted by molar-refractivity contribution is 14.1. The number of amides is 4. The van der Waals surface area contributed by atoms with E-state index in [1.54, 1.807) is 18.2 Å². The largest absolute Gasteiger partial charge is 0.493 e. The average molecular weight is 836 g/mol. The summed E-state index contributed by atoms with van der Waals surface area (Å²) in [4.78, 5) is 44.9. The molecule has 266 valence electrons. The highest BCUT2D eigenvalue weighted by Crippen LogP contribution is 2.50. The van der Waals surface area contributed by atoms with E-state index >= 15 is 0 Å². The van der Waals surface area contributed by atoms with Crippen molar-refractivity contribution >= 4 is 69.5 Å². The Balaban J connectivity index is 1.19. The second kappa shape index (κ2) is 14.7. The highest BCUT2D eigenvalue weighted by atomic mass is 127. The lowest BCUT2D eigenvalue weighted by Crippen LogP contribution is -2.54. The van der Waals surface area contributed by atoms with Gasteiger partial charge in [-0.1, -0.05) is 84.4 Å². The van der Waals surface area contributed by atoms with Crippen molar-refractivity contribution in [2.24, 2.45) is 0 Å². The Bertz CT molecular complexity index is 2210. The Kier molecular flexibility index (Phi) is 9.70. The molecular formula is C43H35ClIN3O5. The molecule has 0 unspecified atom stereocenters. The Morgan fingerprint density at radius 2 is 1.47 bits per heavy atom. The molecule has 8 rings (SSSR count). The maximum absolute atomic E-state index is 14.4. The number of anilines is 2. The van der Waals surface area contributed by atoms with Crippen LogP contribution in [0.2, 0.25) is 5.02 Å². The lowest BCUT2D eigenvalue weighted by molar-refractivity contribution is -0.122. The van der Waals surface area contributed by atoms with Gasteiger partial charge in [0.1, 0.15) is 12.2 Å². The molecule has 0 radical (unpaired) electrons. The first kappa shape index (κ1) is 34.9. The zero-order valence-corrected chi connectivity index (χ0v) is 31.8. The first-order valence-electron chi connectivity index (χ1n) is 17.5. The zero-order chi connectivity index (χ0) is 36.6. The number of nitrogens with one attached hydrogen (secondary N) is 1. The molecule has 1 N–H and O–H groups in total. The number of carbonyl (C=O) groups is 3. The fraction of sp³-hybridized carbons (Fsp3) is 0.186. The molecule has 2 atom stereocenters. The topological polar surface area (TPSA) is 88.2 Å². The average Bonchev–Trinajstić information content (AvgIpc) is 3.16. The molecule has 5 aromatic carbocycles. The summed E-state index contributed by atoms with van der Waals surface area (Å²) in [7, 11) is 1.53. The van der Waals surface area contributed by atoms with Gasteiger partial charge in [-0.05, 0) is 111 Å². The molecule has 0 saturated carbocycles. The molecule has 8 nitrogen and oxygen atoms in total. The smallest absolute Gasteiger partial charge is 0.335 e. The van der Waals surface area contributed by atoms with Crippen LogP contribution < -0.4 is 24.6 Å². The van der Waals surface area contributed by atoms with Crippen LogP contribution in [0.4, 0.5) is 16.2 Å². The van der Waals surface area contributed by atoms with E-state index in [1.165, 1.54) is 30.0 Å². The minimum atomic E-state index is -0.780. The number of halogens is 2. The van der Waals surface area contributed by atoms with Crippen molar-refractivity contribution in [1.82, 2.24) is 5.32 Å². The van der Waals surface area contributed by atoms with Gasteiger partial charge in [0, 0.05) is 35.6 Å². The van der Waals surface area contributed by atoms with Crippen LogP contribution in [0.3, 0.4) is 0 Å². The third kappa shape index (κ3) is 6.79. The van der Waals surface area contributed by atoms with Gasteiger partial charge in [0.15, 0.2) is 11.5 Å². The van der Waals surface area contributed by atoms with E-state index in [-0.39, 0.29) is 24.0 Å². The van der Waals surface area contributed by atoms with Crippen molar-refractivity contribution in [2.45, 2.75) is 31.3 Å². The fourth-order valence-corrected chi connectivity index (χ4v) is 8.77. The van der Waals surface area contributed by atoms with Gasteiger partial charge < -0.3 is 14.4 Å². The SMILES string of the molecule is COc1cc(/C=C2\C(=O)NC(=O)N(c3cc4c5c(c3)[C@@H](c3ccccc3)CCN5CC[C@@H]4c3ccccc3)C2=O)cc(I)c1OCc1cccc(Cl)c1. The van der Waals surface area contributed by atoms with Crippen molar-refractivity contribution in [2.75, 3.05) is 30.0 Å².